The van der Waals surface area contributed by atoms with Gasteiger partial charge in [-0.1, -0.05) is 36.8 Å². The van der Waals surface area contributed by atoms with Gasteiger partial charge in [0.15, 0.2) is 0 Å². The van der Waals surface area contributed by atoms with Gasteiger partial charge in [0.25, 0.3) is 0 Å². The molecule has 2 aliphatic carbocycles. The number of nitrogens with one attached hydrogen (secondary N) is 1. The molecule has 16 heavy (non-hydrogen) atoms. The van der Waals surface area contributed by atoms with Gasteiger partial charge in [0.1, 0.15) is 0 Å². The Morgan fingerprint density at radius 3 is 2.56 bits per heavy atom. The van der Waals surface area contributed by atoms with Crippen molar-refractivity contribution < 1.29 is 0 Å². The molecule has 0 heterocycles. The van der Waals surface area contributed by atoms with Gasteiger partial charge in [0.2, 0.25) is 0 Å². The Bertz CT molecular complexity index is 346. The minimum Gasteiger partial charge on any atom is -0.307 e. The monoisotopic (exact) mass is 215 g/mol. The molecule has 1 heteroatoms. The molecule has 2 saturated carbocycles. The molecule has 0 aliphatic heterocycles. The maximum atomic E-state index is 3.83. The lowest BCUT2D eigenvalue weighted by Gasteiger charge is -2.27. The molecule has 0 saturated heterocycles. The van der Waals surface area contributed by atoms with Crippen LogP contribution < -0.4 is 5.32 Å². The van der Waals surface area contributed by atoms with Crippen LogP contribution >= 0.6 is 0 Å². The highest BCUT2D eigenvalue weighted by atomic mass is 15.0. The molecule has 1 N–H and O–H groups in total. The second-order valence-corrected chi connectivity index (χ2v) is 5.58. The average Bonchev–Trinajstić information content (AvgIpc) is 2.92. The van der Waals surface area contributed by atoms with Gasteiger partial charge in [-0.15, -0.1) is 0 Å². The Hall–Kier alpha value is -0.820. The zero-order chi connectivity index (χ0) is 11.0. The fourth-order valence-electron chi connectivity index (χ4n) is 3.61. The minimum absolute atomic E-state index is 0.505. The molecule has 3 unspecified atom stereocenters. The van der Waals surface area contributed by atoms with Crippen LogP contribution in [0.2, 0.25) is 0 Å². The largest absolute Gasteiger partial charge is 0.307 e. The molecule has 86 valence electrons. The van der Waals surface area contributed by atoms with Crippen molar-refractivity contribution >= 4 is 0 Å². The lowest BCUT2D eigenvalue weighted by Crippen LogP contribution is -2.35. The van der Waals surface area contributed by atoms with Gasteiger partial charge < -0.3 is 5.32 Å². The fourth-order valence-corrected chi connectivity index (χ4v) is 3.61. The van der Waals surface area contributed by atoms with Crippen molar-refractivity contribution in [3.8, 4) is 0 Å². The molecule has 1 aromatic rings. The second-order valence-electron chi connectivity index (χ2n) is 5.58. The van der Waals surface area contributed by atoms with E-state index in [2.05, 4.69) is 42.6 Å². The van der Waals surface area contributed by atoms with E-state index < -0.39 is 0 Å². The molecule has 2 aliphatic rings. The molecule has 0 amide bonds. The van der Waals surface area contributed by atoms with Gasteiger partial charge in [-0.05, 0) is 43.6 Å². The van der Waals surface area contributed by atoms with Gasteiger partial charge in [0.05, 0.1) is 0 Å². The van der Waals surface area contributed by atoms with Crippen molar-refractivity contribution in [2.24, 2.45) is 11.8 Å². The van der Waals surface area contributed by atoms with Crippen LogP contribution in [0.25, 0.3) is 0 Å². The van der Waals surface area contributed by atoms with E-state index in [4.69, 9.17) is 0 Å². The minimum atomic E-state index is 0.505. The van der Waals surface area contributed by atoms with Crippen LogP contribution in [0.4, 0.5) is 0 Å². The predicted octanol–water partition coefficient (Wildman–Crippen LogP) is 3.53. The number of benzene rings is 1. The fraction of sp³-hybridized carbons (Fsp3) is 0.600. The van der Waals surface area contributed by atoms with Crippen LogP contribution in [-0.4, -0.2) is 6.04 Å². The first-order valence-electron chi connectivity index (χ1n) is 6.64. The Labute approximate surface area is 98.3 Å². The van der Waals surface area contributed by atoms with E-state index in [1.54, 1.807) is 0 Å². The van der Waals surface area contributed by atoms with Gasteiger partial charge in [-0.25, -0.2) is 0 Å². The molecule has 1 aromatic carbocycles. The molecular formula is C15H21N. The summed E-state index contributed by atoms with van der Waals surface area (Å²) >= 11 is 0. The van der Waals surface area contributed by atoms with E-state index in [-0.39, 0.29) is 0 Å². The Kier molecular flexibility index (Phi) is 2.72. The van der Waals surface area contributed by atoms with Gasteiger partial charge in [-0.3, -0.25) is 0 Å². The van der Waals surface area contributed by atoms with Crippen molar-refractivity contribution in [2.75, 3.05) is 0 Å². The molecular weight excluding hydrogens is 194 g/mol. The lowest BCUT2D eigenvalue weighted by atomic mass is 9.94. The topological polar surface area (TPSA) is 12.0 Å². The highest BCUT2D eigenvalue weighted by molar-refractivity contribution is 5.18. The molecule has 0 spiro atoms. The maximum absolute atomic E-state index is 3.83. The SMILES string of the molecule is C[C@H](NC1CC2CCC1C2)c1ccccc1. The third-order valence-corrected chi connectivity index (χ3v) is 4.50. The Balaban J connectivity index is 1.63. The number of hydrogen-bond acceptors (Lipinski definition) is 1. The van der Waals surface area contributed by atoms with Gasteiger partial charge in [-0.2, -0.15) is 0 Å². The summed E-state index contributed by atoms with van der Waals surface area (Å²) in [5.74, 6) is 2.00. The van der Waals surface area contributed by atoms with Crippen molar-refractivity contribution in [1.29, 1.82) is 0 Å². The van der Waals surface area contributed by atoms with E-state index in [0.717, 1.165) is 17.9 Å². The lowest BCUT2D eigenvalue weighted by molar-refractivity contribution is 0.327. The Morgan fingerprint density at radius 2 is 1.94 bits per heavy atom. The highest BCUT2D eigenvalue weighted by Gasteiger charge is 2.39. The van der Waals surface area contributed by atoms with Crippen molar-refractivity contribution in [3.05, 3.63) is 35.9 Å². The zero-order valence-corrected chi connectivity index (χ0v) is 10.0. The van der Waals surface area contributed by atoms with E-state index in [9.17, 15) is 0 Å². The summed E-state index contributed by atoms with van der Waals surface area (Å²) < 4.78 is 0. The number of fused-ring (bicyclic) bond motifs is 2. The molecule has 4 atom stereocenters. The third-order valence-electron chi connectivity index (χ3n) is 4.50. The van der Waals surface area contributed by atoms with Crippen LogP contribution in [0, 0.1) is 11.8 Å². The highest BCUT2D eigenvalue weighted by Crippen LogP contribution is 2.45. The van der Waals surface area contributed by atoms with E-state index in [1.807, 2.05) is 0 Å². The van der Waals surface area contributed by atoms with Gasteiger partial charge in [0, 0.05) is 12.1 Å². The summed E-state index contributed by atoms with van der Waals surface area (Å²) in [5, 5.41) is 3.83. The first kappa shape index (κ1) is 10.3. The van der Waals surface area contributed by atoms with E-state index in [0.29, 0.717) is 6.04 Å². The molecule has 2 bridgehead atoms. The first-order valence-corrected chi connectivity index (χ1v) is 6.64. The first-order chi connectivity index (χ1) is 7.83. The normalized spacial score (nSPS) is 34.2. The predicted molar refractivity (Wildman–Crippen MR) is 67.2 cm³/mol. The molecule has 0 aromatic heterocycles. The summed E-state index contributed by atoms with van der Waals surface area (Å²) in [7, 11) is 0. The standard InChI is InChI=1S/C15H21N/c1-11(13-5-3-2-4-6-13)16-15-10-12-7-8-14(15)9-12/h2-6,11-12,14-16H,7-10H2,1H3/t11-,12?,14?,15?/m0/s1. The summed E-state index contributed by atoms with van der Waals surface area (Å²) in [6, 6.07) is 12.1. The van der Waals surface area contributed by atoms with Crippen LogP contribution in [0.3, 0.4) is 0 Å². The average molecular weight is 215 g/mol. The van der Waals surface area contributed by atoms with Gasteiger partial charge >= 0.3 is 0 Å². The summed E-state index contributed by atoms with van der Waals surface area (Å²) in [6.07, 6.45) is 5.85. The van der Waals surface area contributed by atoms with Crippen LogP contribution in [0.5, 0.6) is 0 Å². The maximum Gasteiger partial charge on any atom is 0.0294 e. The van der Waals surface area contributed by atoms with Crippen LogP contribution in [-0.2, 0) is 0 Å². The number of hydrogen-bond donors (Lipinski definition) is 1. The molecule has 0 radical (unpaired) electrons. The Morgan fingerprint density at radius 1 is 1.12 bits per heavy atom. The van der Waals surface area contributed by atoms with Crippen LogP contribution in [0.15, 0.2) is 30.3 Å². The molecule has 1 nitrogen and oxygen atoms in total. The van der Waals surface area contributed by atoms with Crippen molar-refractivity contribution in [2.45, 2.75) is 44.7 Å². The summed E-state index contributed by atoms with van der Waals surface area (Å²) in [6.45, 7) is 2.29. The zero-order valence-electron chi connectivity index (χ0n) is 10.0. The van der Waals surface area contributed by atoms with Crippen LogP contribution in [0.1, 0.15) is 44.2 Å². The smallest absolute Gasteiger partial charge is 0.0294 e. The quantitative estimate of drug-likeness (QED) is 0.813. The summed E-state index contributed by atoms with van der Waals surface area (Å²) in [4.78, 5) is 0. The summed E-state index contributed by atoms with van der Waals surface area (Å²) in [5.41, 5.74) is 1.42. The number of rotatable bonds is 3. The van der Waals surface area contributed by atoms with Crippen molar-refractivity contribution in [3.63, 3.8) is 0 Å². The third kappa shape index (κ3) is 1.89. The molecule has 3 rings (SSSR count). The van der Waals surface area contributed by atoms with E-state index >= 15 is 0 Å². The van der Waals surface area contributed by atoms with E-state index in [1.165, 1.54) is 31.2 Å². The molecule has 2 fully saturated rings. The van der Waals surface area contributed by atoms with Crippen molar-refractivity contribution in [1.82, 2.24) is 5.32 Å². The second kappa shape index (κ2) is 4.21.